The van der Waals surface area contributed by atoms with Crippen molar-refractivity contribution >= 4 is 39.5 Å². The number of anilines is 1. The van der Waals surface area contributed by atoms with E-state index in [-0.39, 0.29) is 17.3 Å². The van der Waals surface area contributed by atoms with Crippen molar-refractivity contribution in [2.45, 2.75) is 30.7 Å². The van der Waals surface area contributed by atoms with E-state index < -0.39 is 27.7 Å². The molecule has 0 spiro atoms. The second kappa shape index (κ2) is 10.8. The standard InChI is InChI=1S/C19H20F2N4O2S2.ClH/c1-2-4-13(25-29(26,27)14-6-7-15(20)16(21)9-14)10-23-17-5-3-8-22-19(17)18-11-28-12-24-18;/h3,5-9,11-13,23,25H,2,4,10H2,1H3;1H. The van der Waals surface area contributed by atoms with Crippen LogP contribution in [-0.2, 0) is 10.0 Å². The van der Waals surface area contributed by atoms with Gasteiger partial charge in [0.25, 0.3) is 0 Å². The van der Waals surface area contributed by atoms with E-state index in [4.69, 9.17) is 0 Å². The molecule has 2 N–H and O–H groups in total. The smallest absolute Gasteiger partial charge is 0.240 e. The van der Waals surface area contributed by atoms with E-state index in [1.54, 1.807) is 17.8 Å². The van der Waals surface area contributed by atoms with Gasteiger partial charge < -0.3 is 5.32 Å². The molecule has 3 rings (SSSR count). The average molecular weight is 475 g/mol. The molecule has 0 fully saturated rings. The summed E-state index contributed by atoms with van der Waals surface area (Å²) < 4.78 is 54.3. The molecule has 0 aliphatic rings. The maximum Gasteiger partial charge on any atom is 0.240 e. The minimum Gasteiger partial charge on any atom is -0.382 e. The quantitative estimate of drug-likeness (QED) is 0.478. The molecule has 0 aliphatic carbocycles. The predicted octanol–water partition coefficient (Wildman–Crippen LogP) is 4.46. The van der Waals surface area contributed by atoms with Crippen LogP contribution in [0, 0.1) is 11.6 Å². The summed E-state index contributed by atoms with van der Waals surface area (Å²) in [5.41, 5.74) is 3.84. The Morgan fingerprint density at radius 1 is 1.17 bits per heavy atom. The lowest BCUT2D eigenvalue weighted by molar-refractivity contribution is 0.502. The molecule has 6 nitrogen and oxygen atoms in total. The van der Waals surface area contributed by atoms with Crippen LogP contribution < -0.4 is 10.0 Å². The van der Waals surface area contributed by atoms with Crippen LogP contribution in [0.3, 0.4) is 0 Å². The van der Waals surface area contributed by atoms with E-state index in [9.17, 15) is 17.2 Å². The topological polar surface area (TPSA) is 84.0 Å². The Morgan fingerprint density at radius 2 is 1.97 bits per heavy atom. The van der Waals surface area contributed by atoms with E-state index in [0.717, 1.165) is 29.9 Å². The minimum atomic E-state index is -4.00. The zero-order valence-electron chi connectivity index (χ0n) is 16.0. The van der Waals surface area contributed by atoms with Gasteiger partial charge in [-0.05, 0) is 36.8 Å². The number of hydrogen-bond donors (Lipinski definition) is 2. The average Bonchev–Trinajstić information content (AvgIpc) is 3.23. The molecule has 0 saturated carbocycles. The summed E-state index contributed by atoms with van der Waals surface area (Å²) in [7, 11) is -4.00. The van der Waals surface area contributed by atoms with Gasteiger partial charge in [-0.1, -0.05) is 13.3 Å². The van der Waals surface area contributed by atoms with E-state index in [1.165, 1.54) is 11.3 Å². The van der Waals surface area contributed by atoms with Crippen molar-refractivity contribution in [2.75, 3.05) is 11.9 Å². The van der Waals surface area contributed by atoms with Crippen molar-refractivity contribution in [1.82, 2.24) is 14.7 Å². The second-order valence-electron chi connectivity index (χ2n) is 6.34. The highest BCUT2D eigenvalue weighted by molar-refractivity contribution is 7.89. The predicted molar refractivity (Wildman–Crippen MR) is 116 cm³/mol. The number of sulfonamides is 1. The summed E-state index contributed by atoms with van der Waals surface area (Å²) in [6.45, 7) is 2.23. The Hall–Kier alpha value is -2.14. The number of nitrogens with one attached hydrogen (secondary N) is 2. The summed E-state index contributed by atoms with van der Waals surface area (Å²) in [5, 5.41) is 5.10. The third-order valence-corrected chi connectivity index (χ3v) is 6.29. The van der Waals surface area contributed by atoms with Gasteiger partial charge in [-0.25, -0.2) is 26.9 Å². The summed E-state index contributed by atoms with van der Waals surface area (Å²) in [5.74, 6) is -2.30. The Morgan fingerprint density at radius 3 is 2.63 bits per heavy atom. The summed E-state index contributed by atoms with van der Waals surface area (Å²) in [6.07, 6.45) is 2.95. The molecule has 162 valence electrons. The van der Waals surface area contributed by atoms with Gasteiger partial charge in [0.2, 0.25) is 10.0 Å². The molecule has 2 aromatic heterocycles. The first kappa shape index (κ1) is 24.1. The molecule has 2 heterocycles. The minimum absolute atomic E-state index is 0. The first-order valence-electron chi connectivity index (χ1n) is 8.95. The summed E-state index contributed by atoms with van der Waals surface area (Å²) in [6, 6.07) is 5.68. The lowest BCUT2D eigenvalue weighted by Gasteiger charge is -2.20. The van der Waals surface area contributed by atoms with Crippen molar-refractivity contribution in [3.63, 3.8) is 0 Å². The fourth-order valence-electron chi connectivity index (χ4n) is 2.80. The van der Waals surface area contributed by atoms with Gasteiger partial charge in [0, 0.05) is 24.2 Å². The lowest BCUT2D eigenvalue weighted by Crippen LogP contribution is -2.39. The molecule has 1 unspecified atom stereocenters. The molecule has 0 bridgehead atoms. The molecular weight excluding hydrogens is 454 g/mol. The SMILES string of the molecule is CCCC(CNc1cccnc1-c1cscn1)NS(=O)(=O)c1ccc(F)c(F)c1.Cl. The highest BCUT2D eigenvalue weighted by atomic mass is 35.5. The zero-order chi connectivity index (χ0) is 20.9. The molecule has 1 aromatic carbocycles. The molecule has 0 amide bonds. The normalized spacial score (nSPS) is 12.2. The van der Waals surface area contributed by atoms with Crippen molar-refractivity contribution in [3.05, 3.63) is 59.1 Å². The number of halogens is 3. The van der Waals surface area contributed by atoms with Crippen molar-refractivity contribution < 1.29 is 17.2 Å². The molecule has 1 atom stereocenters. The van der Waals surface area contributed by atoms with Crippen molar-refractivity contribution in [1.29, 1.82) is 0 Å². The monoisotopic (exact) mass is 474 g/mol. The largest absolute Gasteiger partial charge is 0.382 e. The molecule has 3 aromatic rings. The number of rotatable bonds is 9. The Kier molecular flexibility index (Phi) is 8.65. The van der Waals surface area contributed by atoms with Crippen LogP contribution in [0.25, 0.3) is 11.4 Å². The molecule has 0 aliphatic heterocycles. The molecule has 11 heteroatoms. The van der Waals surface area contributed by atoms with Gasteiger partial charge in [-0.15, -0.1) is 23.7 Å². The molecular formula is C19H21ClF2N4O2S2. The fourth-order valence-corrected chi connectivity index (χ4v) is 4.62. The van der Waals surface area contributed by atoms with Crippen LogP contribution in [0.15, 0.2) is 52.3 Å². The van der Waals surface area contributed by atoms with Crippen LogP contribution in [0.4, 0.5) is 14.5 Å². The third kappa shape index (κ3) is 5.94. The molecule has 30 heavy (non-hydrogen) atoms. The number of benzene rings is 1. The first-order chi connectivity index (χ1) is 13.9. The van der Waals surface area contributed by atoms with E-state index in [2.05, 4.69) is 20.0 Å². The van der Waals surface area contributed by atoms with Gasteiger partial charge in [0.1, 0.15) is 11.4 Å². The van der Waals surface area contributed by atoms with E-state index >= 15 is 0 Å². The zero-order valence-corrected chi connectivity index (χ0v) is 18.5. The highest BCUT2D eigenvalue weighted by Gasteiger charge is 2.21. The number of aromatic nitrogens is 2. The number of hydrogen-bond acceptors (Lipinski definition) is 6. The fraction of sp³-hybridized carbons (Fsp3) is 0.263. The Labute approximate surface area is 184 Å². The van der Waals surface area contributed by atoms with E-state index in [0.29, 0.717) is 24.7 Å². The van der Waals surface area contributed by atoms with E-state index in [1.807, 2.05) is 18.4 Å². The third-order valence-electron chi connectivity index (χ3n) is 4.18. The number of nitrogens with zero attached hydrogens (tertiary/aromatic N) is 2. The van der Waals surface area contributed by atoms with Gasteiger partial charge in [-0.2, -0.15) is 0 Å². The summed E-state index contributed by atoms with van der Waals surface area (Å²) in [4.78, 5) is 8.30. The van der Waals surface area contributed by atoms with Crippen molar-refractivity contribution in [2.24, 2.45) is 0 Å². The van der Waals surface area contributed by atoms with Crippen LogP contribution in [-0.4, -0.2) is 31.0 Å². The molecule has 0 saturated heterocycles. The number of pyridine rings is 1. The molecule has 0 radical (unpaired) electrons. The number of thiazole rings is 1. The van der Waals surface area contributed by atoms with Crippen LogP contribution in [0.5, 0.6) is 0 Å². The van der Waals surface area contributed by atoms with Gasteiger partial charge in [0.05, 0.1) is 16.1 Å². The summed E-state index contributed by atoms with van der Waals surface area (Å²) >= 11 is 1.46. The highest BCUT2D eigenvalue weighted by Crippen LogP contribution is 2.25. The Bertz CT molecular complexity index is 1070. The lowest BCUT2D eigenvalue weighted by atomic mass is 10.1. The van der Waals surface area contributed by atoms with Crippen LogP contribution >= 0.6 is 23.7 Å². The van der Waals surface area contributed by atoms with Gasteiger partial charge >= 0.3 is 0 Å². The van der Waals surface area contributed by atoms with Crippen molar-refractivity contribution in [3.8, 4) is 11.4 Å². The van der Waals surface area contributed by atoms with Gasteiger partial charge in [-0.3, -0.25) is 4.98 Å². The Balaban J connectivity index is 0.00000320. The van der Waals surface area contributed by atoms with Crippen LogP contribution in [0.1, 0.15) is 19.8 Å². The first-order valence-corrected chi connectivity index (χ1v) is 11.4. The van der Waals surface area contributed by atoms with Crippen LogP contribution in [0.2, 0.25) is 0 Å². The maximum atomic E-state index is 13.5. The van der Waals surface area contributed by atoms with Gasteiger partial charge in [0.15, 0.2) is 11.6 Å². The maximum absolute atomic E-state index is 13.5. The second-order valence-corrected chi connectivity index (χ2v) is 8.77.